The second-order valence-electron chi connectivity index (χ2n) is 3.87. The number of methoxy groups -OCH3 is 1. The molecule has 1 aromatic rings. The van der Waals surface area contributed by atoms with Gasteiger partial charge in [0.15, 0.2) is 0 Å². The quantitative estimate of drug-likeness (QED) is 0.823. The Balaban J connectivity index is 2.23. The first-order chi connectivity index (χ1) is 8.65. The van der Waals surface area contributed by atoms with Gasteiger partial charge < -0.3 is 20.1 Å². The molecule has 2 heterocycles. The van der Waals surface area contributed by atoms with Crippen molar-refractivity contribution in [2.24, 2.45) is 0 Å². The van der Waals surface area contributed by atoms with Crippen LogP contribution in [0.5, 0.6) is 5.75 Å². The molecule has 0 aromatic carbocycles. The third kappa shape index (κ3) is 2.32. The van der Waals surface area contributed by atoms with Crippen LogP contribution in [-0.4, -0.2) is 54.7 Å². The number of carboxylic acids is 1. The van der Waals surface area contributed by atoms with Gasteiger partial charge in [0.2, 0.25) is 0 Å². The number of ether oxygens (including phenoxy) is 1. The van der Waals surface area contributed by atoms with E-state index in [1.54, 1.807) is 11.4 Å². The van der Waals surface area contributed by atoms with Gasteiger partial charge in [0.1, 0.15) is 16.7 Å². The molecule has 0 saturated carbocycles. The third-order valence-corrected chi connectivity index (χ3v) is 3.72. The summed E-state index contributed by atoms with van der Waals surface area (Å²) in [4.78, 5) is 25.3. The molecule has 1 aliphatic rings. The Labute approximate surface area is 108 Å². The highest BCUT2D eigenvalue weighted by Crippen LogP contribution is 2.26. The van der Waals surface area contributed by atoms with Crippen molar-refractivity contribution in [3.63, 3.8) is 0 Å². The second kappa shape index (κ2) is 5.36. The molecule has 0 spiro atoms. The second-order valence-corrected chi connectivity index (χ2v) is 4.79. The van der Waals surface area contributed by atoms with Gasteiger partial charge in [-0.25, -0.2) is 4.79 Å². The summed E-state index contributed by atoms with van der Waals surface area (Å²) in [7, 11) is 1.49. The number of thiophene rings is 1. The van der Waals surface area contributed by atoms with Crippen molar-refractivity contribution in [2.45, 2.75) is 6.04 Å². The van der Waals surface area contributed by atoms with Gasteiger partial charge in [-0.15, -0.1) is 11.3 Å². The van der Waals surface area contributed by atoms with Gasteiger partial charge >= 0.3 is 5.97 Å². The van der Waals surface area contributed by atoms with Gasteiger partial charge in [0, 0.05) is 19.6 Å². The number of carbonyl (C=O) groups is 2. The summed E-state index contributed by atoms with van der Waals surface area (Å²) in [5, 5.41) is 13.8. The number of hydrogen-bond donors (Lipinski definition) is 2. The van der Waals surface area contributed by atoms with Crippen LogP contribution in [0.2, 0.25) is 0 Å². The first kappa shape index (κ1) is 12.8. The molecule has 1 amide bonds. The van der Waals surface area contributed by atoms with Crippen molar-refractivity contribution in [2.75, 3.05) is 26.7 Å². The van der Waals surface area contributed by atoms with Crippen molar-refractivity contribution in [3.05, 3.63) is 16.3 Å². The monoisotopic (exact) mass is 270 g/mol. The Kier molecular flexibility index (Phi) is 3.83. The summed E-state index contributed by atoms with van der Waals surface area (Å²) in [6.45, 7) is 1.26. The first-order valence-electron chi connectivity index (χ1n) is 5.51. The number of carboxylic acid groups (broad SMARTS) is 1. The molecule has 98 valence electrons. The summed E-state index contributed by atoms with van der Waals surface area (Å²) in [6, 6.07) is 0.883. The number of carbonyl (C=O) groups excluding carboxylic acids is 1. The molecule has 7 heteroatoms. The summed E-state index contributed by atoms with van der Waals surface area (Å²) in [6.07, 6.45) is 0. The summed E-state index contributed by atoms with van der Waals surface area (Å²) in [5.74, 6) is -0.783. The van der Waals surface area contributed by atoms with E-state index in [0.29, 0.717) is 23.7 Å². The van der Waals surface area contributed by atoms with Crippen LogP contribution in [0.15, 0.2) is 11.4 Å². The van der Waals surface area contributed by atoms with Crippen LogP contribution >= 0.6 is 11.3 Å². The number of rotatable bonds is 3. The van der Waals surface area contributed by atoms with Gasteiger partial charge in [-0.3, -0.25) is 4.79 Å². The number of piperazine rings is 1. The van der Waals surface area contributed by atoms with Crippen LogP contribution in [0, 0.1) is 0 Å². The van der Waals surface area contributed by atoms with Crippen LogP contribution in [0.25, 0.3) is 0 Å². The maximum atomic E-state index is 12.3. The molecular weight excluding hydrogens is 256 g/mol. The number of nitrogens with zero attached hydrogens (tertiary/aromatic N) is 1. The molecule has 1 fully saturated rings. The summed E-state index contributed by atoms with van der Waals surface area (Å²) in [5.41, 5.74) is 0. The fourth-order valence-corrected chi connectivity index (χ4v) is 2.73. The van der Waals surface area contributed by atoms with Crippen LogP contribution in [0.1, 0.15) is 9.67 Å². The zero-order valence-corrected chi connectivity index (χ0v) is 10.7. The predicted molar refractivity (Wildman–Crippen MR) is 66.2 cm³/mol. The standard InChI is InChI=1S/C11H14N2O4S/c1-17-8-2-5-18-9(8)10(14)13-4-3-12-6-7(13)11(15)16/h2,5,7,12H,3-4,6H2,1H3,(H,15,16). The molecule has 1 aromatic heterocycles. The van der Waals surface area contributed by atoms with E-state index < -0.39 is 12.0 Å². The highest BCUT2D eigenvalue weighted by atomic mass is 32.1. The number of hydrogen-bond acceptors (Lipinski definition) is 5. The van der Waals surface area contributed by atoms with Crippen LogP contribution in [0.4, 0.5) is 0 Å². The summed E-state index contributed by atoms with van der Waals surface area (Å²) >= 11 is 1.26. The molecule has 0 bridgehead atoms. The number of nitrogens with one attached hydrogen (secondary N) is 1. The molecule has 2 rings (SSSR count). The van der Waals surface area contributed by atoms with Crippen LogP contribution < -0.4 is 10.1 Å². The molecule has 0 aliphatic carbocycles. The maximum Gasteiger partial charge on any atom is 0.327 e. The van der Waals surface area contributed by atoms with E-state index in [-0.39, 0.29) is 12.5 Å². The normalized spacial score (nSPS) is 19.6. The van der Waals surface area contributed by atoms with E-state index in [1.807, 2.05) is 0 Å². The molecule has 18 heavy (non-hydrogen) atoms. The predicted octanol–water partition coefficient (Wildman–Crippen LogP) is 0.255. The molecule has 1 saturated heterocycles. The minimum Gasteiger partial charge on any atom is -0.495 e. The van der Waals surface area contributed by atoms with Gasteiger partial charge in [-0.1, -0.05) is 0 Å². The van der Waals surface area contributed by atoms with Crippen molar-refractivity contribution < 1.29 is 19.4 Å². The fraction of sp³-hybridized carbons (Fsp3) is 0.455. The zero-order chi connectivity index (χ0) is 13.1. The average molecular weight is 270 g/mol. The van der Waals surface area contributed by atoms with Gasteiger partial charge in [0.25, 0.3) is 5.91 Å². The molecule has 0 radical (unpaired) electrons. The highest BCUT2D eigenvalue weighted by molar-refractivity contribution is 7.12. The van der Waals surface area contributed by atoms with Crippen LogP contribution in [-0.2, 0) is 4.79 Å². The van der Waals surface area contributed by atoms with E-state index in [2.05, 4.69) is 5.32 Å². The van der Waals surface area contributed by atoms with E-state index >= 15 is 0 Å². The first-order valence-corrected chi connectivity index (χ1v) is 6.39. The van der Waals surface area contributed by atoms with E-state index in [4.69, 9.17) is 9.84 Å². The minimum atomic E-state index is -0.994. The zero-order valence-electron chi connectivity index (χ0n) is 9.88. The Morgan fingerprint density at radius 1 is 1.61 bits per heavy atom. The lowest BCUT2D eigenvalue weighted by Crippen LogP contribution is -2.56. The molecule has 2 N–H and O–H groups in total. The Morgan fingerprint density at radius 3 is 3.06 bits per heavy atom. The molecular formula is C11H14N2O4S. The summed E-state index contributed by atoms with van der Waals surface area (Å²) < 4.78 is 5.09. The van der Waals surface area contributed by atoms with Crippen molar-refractivity contribution in [1.82, 2.24) is 10.2 Å². The van der Waals surface area contributed by atoms with E-state index in [9.17, 15) is 9.59 Å². The number of amides is 1. The molecule has 1 atom stereocenters. The van der Waals surface area contributed by atoms with Crippen LogP contribution in [0.3, 0.4) is 0 Å². The highest BCUT2D eigenvalue weighted by Gasteiger charge is 2.33. The lowest BCUT2D eigenvalue weighted by atomic mass is 10.2. The Hall–Kier alpha value is -1.60. The average Bonchev–Trinajstić information content (AvgIpc) is 2.86. The van der Waals surface area contributed by atoms with Crippen molar-refractivity contribution in [3.8, 4) is 5.75 Å². The minimum absolute atomic E-state index is 0.273. The largest absolute Gasteiger partial charge is 0.495 e. The molecule has 6 nitrogen and oxygen atoms in total. The van der Waals surface area contributed by atoms with Gasteiger partial charge in [-0.2, -0.15) is 0 Å². The van der Waals surface area contributed by atoms with Gasteiger partial charge in [-0.05, 0) is 11.4 Å². The van der Waals surface area contributed by atoms with Crippen molar-refractivity contribution >= 4 is 23.2 Å². The lowest BCUT2D eigenvalue weighted by molar-refractivity contribution is -0.142. The lowest BCUT2D eigenvalue weighted by Gasteiger charge is -2.33. The SMILES string of the molecule is COc1ccsc1C(=O)N1CCNCC1C(=O)O. The van der Waals surface area contributed by atoms with E-state index in [0.717, 1.165) is 0 Å². The van der Waals surface area contributed by atoms with E-state index in [1.165, 1.54) is 23.3 Å². The fourth-order valence-electron chi connectivity index (χ4n) is 1.91. The topological polar surface area (TPSA) is 78.9 Å². The smallest absolute Gasteiger partial charge is 0.327 e. The molecule has 1 aliphatic heterocycles. The Morgan fingerprint density at radius 2 is 2.39 bits per heavy atom. The van der Waals surface area contributed by atoms with Gasteiger partial charge in [0.05, 0.1) is 7.11 Å². The molecule has 1 unspecified atom stereocenters. The maximum absolute atomic E-state index is 12.3. The Bertz CT molecular complexity index is 460. The third-order valence-electron chi connectivity index (χ3n) is 2.83. The van der Waals surface area contributed by atoms with Crippen molar-refractivity contribution in [1.29, 1.82) is 0 Å². The number of aliphatic carboxylic acids is 1.